The van der Waals surface area contributed by atoms with E-state index in [-0.39, 0.29) is 0 Å². The highest BCUT2D eigenvalue weighted by Gasteiger charge is 2.18. The fraction of sp³-hybridized carbons (Fsp3) is 1.00. The van der Waals surface area contributed by atoms with Gasteiger partial charge in [0.1, 0.15) is 0 Å². The van der Waals surface area contributed by atoms with Crippen molar-refractivity contribution in [3.8, 4) is 0 Å². The molecule has 0 aliphatic rings. The summed E-state index contributed by atoms with van der Waals surface area (Å²) in [5.74, 6) is 0. The SMILES string of the molecule is COP(=O)(OC)OC.COS(C)(=O)=O.COS(C)=O. The Hall–Kier alpha value is 0.130. The van der Waals surface area contributed by atoms with Crippen LogP contribution in [0.2, 0.25) is 0 Å². The molecule has 0 rings (SSSR count). The average molecular weight is 344 g/mol. The molecule has 0 amide bonds. The monoisotopic (exact) mass is 344 g/mol. The molecule has 0 radical (unpaired) electrons. The van der Waals surface area contributed by atoms with E-state index >= 15 is 0 Å². The molecular weight excluding hydrogens is 323 g/mol. The Morgan fingerprint density at radius 3 is 1.16 bits per heavy atom. The normalized spacial score (nSPS) is 12.6. The highest BCUT2D eigenvalue weighted by molar-refractivity contribution is 7.85. The molecule has 0 heterocycles. The van der Waals surface area contributed by atoms with Gasteiger partial charge in [-0.05, 0) is 0 Å². The zero-order chi connectivity index (χ0) is 16.1. The second kappa shape index (κ2) is 13.1. The molecule has 1 atom stereocenters. The molecule has 0 aromatic rings. The number of hydrogen-bond donors (Lipinski definition) is 0. The minimum absolute atomic E-state index is 0.993. The standard InChI is InChI=1S/C3H9O4P.C2H6O3S.C2H6O2S/c1-5-8(4,6-2)7-3;1-5-6(2,3)4;1-4-5(2)3/h1-3H3;1-2H3;1-2H3. The molecule has 0 saturated carbocycles. The van der Waals surface area contributed by atoms with Crippen molar-refractivity contribution >= 4 is 29.0 Å². The van der Waals surface area contributed by atoms with E-state index in [4.69, 9.17) is 0 Å². The van der Waals surface area contributed by atoms with Crippen LogP contribution in [0.25, 0.3) is 0 Å². The van der Waals surface area contributed by atoms with Gasteiger partial charge in [-0.25, -0.2) is 8.77 Å². The highest BCUT2D eigenvalue weighted by Crippen LogP contribution is 2.46. The van der Waals surface area contributed by atoms with Crippen molar-refractivity contribution in [1.82, 2.24) is 0 Å². The second-order valence-corrected chi connectivity index (χ2v) is 7.30. The Morgan fingerprint density at radius 2 is 1.16 bits per heavy atom. The van der Waals surface area contributed by atoms with Crippen LogP contribution < -0.4 is 0 Å². The summed E-state index contributed by atoms with van der Waals surface area (Å²) in [5, 5.41) is 0. The Kier molecular flexibility index (Phi) is 16.7. The van der Waals surface area contributed by atoms with Crippen LogP contribution in [0.5, 0.6) is 0 Å². The number of rotatable bonds is 5. The van der Waals surface area contributed by atoms with Gasteiger partial charge in [-0.15, -0.1) is 0 Å². The van der Waals surface area contributed by atoms with Crippen molar-refractivity contribution in [2.24, 2.45) is 0 Å². The molecule has 0 spiro atoms. The van der Waals surface area contributed by atoms with E-state index in [1.165, 1.54) is 34.7 Å². The van der Waals surface area contributed by atoms with Gasteiger partial charge in [0.05, 0.1) is 20.5 Å². The first-order valence-electron chi connectivity index (χ1n) is 4.42. The molecule has 19 heavy (non-hydrogen) atoms. The molecule has 0 saturated heterocycles. The lowest BCUT2D eigenvalue weighted by Crippen LogP contribution is -1.95. The first kappa shape index (κ1) is 24.2. The van der Waals surface area contributed by atoms with Crippen LogP contribution >= 0.6 is 7.82 Å². The van der Waals surface area contributed by atoms with E-state index in [2.05, 4.69) is 21.9 Å². The average Bonchev–Trinajstić information content (AvgIpc) is 2.38. The molecule has 120 valence electrons. The number of hydrogen-bond acceptors (Lipinski definition) is 9. The van der Waals surface area contributed by atoms with Crippen molar-refractivity contribution in [1.29, 1.82) is 0 Å². The maximum Gasteiger partial charge on any atom is 0.473 e. The lowest BCUT2D eigenvalue weighted by molar-refractivity contribution is 0.178. The zero-order valence-corrected chi connectivity index (χ0v) is 14.5. The smallest absolute Gasteiger partial charge is 0.294 e. The van der Waals surface area contributed by atoms with Gasteiger partial charge >= 0.3 is 7.82 Å². The fourth-order valence-corrected chi connectivity index (χ4v) is 0.671. The molecule has 12 heteroatoms. The second-order valence-electron chi connectivity index (χ2n) is 2.43. The predicted molar refractivity (Wildman–Crippen MR) is 71.6 cm³/mol. The van der Waals surface area contributed by atoms with Crippen molar-refractivity contribution in [3.63, 3.8) is 0 Å². The van der Waals surface area contributed by atoms with Crippen molar-refractivity contribution in [3.05, 3.63) is 0 Å². The summed E-state index contributed by atoms with van der Waals surface area (Å²) in [7, 11) is -0.0316. The summed E-state index contributed by atoms with van der Waals surface area (Å²) in [6, 6.07) is 0. The minimum atomic E-state index is -3.16. The predicted octanol–water partition coefficient (Wildman–Crippen LogP) is 0.552. The number of phosphoric acid groups is 1. The maximum atomic E-state index is 10.7. The Labute approximate surface area is 116 Å². The Morgan fingerprint density at radius 1 is 0.947 bits per heavy atom. The molecule has 0 aliphatic carbocycles. The lowest BCUT2D eigenvalue weighted by Gasteiger charge is -2.08. The fourth-order valence-electron chi connectivity index (χ4n) is 0.224. The molecule has 9 nitrogen and oxygen atoms in total. The Bertz CT molecular complexity index is 348. The van der Waals surface area contributed by atoms with Gasteiger partial charge in [-0.1, -0.05) is 0 Å². The molecule has 0 aromatic heterocycles. The van der Waals surface area contributed by atoms with Gasteiger partial charge in [0.2, 0.25) is 0 Å². The summed E-state index contributed by atoms with van der Waals surface area (Å²) in [6.07, 6.45) is 2.47. The molecule has 0 fully saturated rings. The van der Waals surface area contributed by atoms with Gasteiger partial charge in [0.25, 0.3) is 10.1 Å². The quantitative estimate of drug-likeness (QED) is 0.521. The summed E-state index contributed by atoms with van der Waals surface area (Å²) in [4.78, 5) is 0. The molecule has 0 N–H and O–H groups in total. The lowest BCUT2D eigenvalue weighted by atomic mass is 11.8. The topological polar surface area (TPSA) is 114 Å². The minimum Gasteiger partial charge on any atom is -0.294 e. The van der Waals surface area contributed by atoms with Crippen LogP contribution in [0.1, 0.15) is 0 Å². The van der Waals surface area contributed by atoms with Crippen LogP contribution in [-0.4, -0.2) is 60.7 Å². The van der Waals surface area contributed by atoms with Gasteiger partial charge < -0.3 is 0 Å². The van der Waals surface area contributed by atoms with Crippen LogP contribution in [0.3, 0.4) is 0 Å². The van der Waals surface area contributed by atoms with E-state index in [0.29, 0.717) is 0 Å². The Balaban J connectivity index is -0.000000209. The van der Waals surface area contributed by atoms with E-state index < -0.39 is 29.0 Å². The summed E-state index contributed by atoms with van der Waals surface area (Å²) in [6.45, 7) is 0. The molecule has 0 aliphatic heterocycles. The largest absolute Gasteiger partial charge is 0.473 e. The summed E-state index contributed by atoms with van der Waals surface area (Å²) < 4.78 is 61.1. The number of phosphoric ester groups is 1. The highest BCUT2D eigenvalue weighted by atomic mass is 32.2. The maximum absolute atomic E-state index is 10.7. The van der Waals surface area contributed by atoms with Crippen molar-refractivity contribution < 1.29 is 39.1 Å². The molecule has 1 unspecified atom stereocenters. The van der Waals surface area contributed by atoms with Crippen LogP contribution in [0, 0.1) is 0 Å². The molecule has 0 aromatic carbocycles. The van der Waals surface area contributed by atoms with Crippen molar-refractivity contribution in [2.75, 3.05) is 48.1 Å². The first-order chi connectivity index (χ1) is 8.51. The third-order valence-electron chi connectivity index (χ3n) is 1.21. The van der Waals surface area contributed by atoms with E-state index in [0.717, 1.165) is 13.4 Å². The third-order valence-corrected chi connectivity index (χ3v) is 3.62. The van der Waals surface area contributed by atoms with E-state index in [1.807, 2.05) is 0 Å². The van der Waals surface area contributed by atoms with Gasteiger partial charge in [-0.3, -0.25) is 21.9 Å². The molecular formula is C7H21O9PS2. The van der Waals surface area contributed by atoms with Gasteiger partial charge in [-0.2, -0.15) is 8.42 Å². The van der Waals surface area contributed by atoms with Crippen LogP contribution in [0.4, 0.5) is 0 Å². The third kappa shape index (κ3) is 23.6. The zero-order valence-electron chi connectivity index (χ0n) is 11.9. The van der Waals surface area contributed by atoms with Gasteiger partial charge in [0, 0.05) is 27.6 Å². The first-order valence-corrected chi connectivity index (χ1v) is 9.18. The summed E-state index contributed by atoms with van der Waals surface area (Å²) >= 11 is -1.07. The van der Waals surface area contributed by atoms with Gasteiger partial charge in [0.15, 0.2) is 11.1 Å². The molecule has 0 bridgehead atoms. The van der Waals surface area contributed by atoms with E-state index in [1.54, 1.807) is 0 Å². The van der Waals surface area contributed by atoms with Crippen LogP contribution in [0.15, 0.2) is 0 Å². The van der Waals surface area contributed by atoms with Crippen LogP contribution in [-0.2, 0) is 47.7 Å². The summed E-state index contributed by atoms with van der Waals surface area (Å²) in [5.41, 5.74) is 0. The van der Waals surface area contributed by atoms with E-state index in [9.17, 15) is 17.2 Å². The van der Waals surface area contributed by atoms with Crippen molar-refractivity contribution in [2.45, 2.75) is 0 Å².